The van der Waals surface area contributed by atoms with Crippen molar-refractivity contribution in [1.29, 1.82) is 0 Å². The zero-order valence-corrected chi connectivity index (χ0v) is 10.7. The molecular formula is C11H15ClF3N3. The van der Waals surface area contributed by atoms with Gasteiger partial charge in [-0.1, -0.05) is 11.6 Å². The maximum Gasteiger partial charge on any atom is 0.417 e. The van der Waals surface area contributed by atoms with Crippen LogP contribution in [-0.2, 0) is 6.18 Å². The first-order valence-corrected chi connectivity index (χ1v) is 5.95. The number of rotatable bonds is 5. The molecule has 0 spiro atoms. The van der Waals surface area contributed by atoms with E-state index in [1.807, 2.05) is 6.92 Å². The first kappa shape index (κ1) is 15.0. The molecule has 0 aliphatic heterocycles. The summed E-state index contributed by atoms with van der Waals surface area (Å²) in [6, 6.07) is 0.898. The van der Waals surface area contributed by atoms with E-state index in [0.29, 0.717) is 25.5 Å². The summed E-state index contributed by atoms with van der Waals surface area (Å²) in [7, 11) is 0. The highest BCUT2D eigenvalue weighted by molar-refractivity contribution is 6.33. The number of alkyl halides is 3. The van der Waals surface area contributed by atoms with Gasteiger partial charge in [0, 0.05) is 19.3 Å². The third kappa shape index (κ3) is 3.74. The summed E-state index contributed by atoms with van der Waals surface area (Å²) in [4.78, 5) is 5.60. The Morgan fingerprint density at radius 1 is 1.44 bits per heavy atom. The Bertz CT molecular complexity index is 396. The molecule has 7 heteroatoms. The molecule has 0 saturated carbocycles. The van der Waals surface area contributed by atoms with Gasteiger partial charge in [0.1, 0.15) is 5.82 Å². The second kappa shape index (κ2) is 6.24. The van der Waals surface area contributed by atoms with E-state index in [0.717, 1.165) is 18.7 Å². The van der Waals surface area contributed by atoms with E-state index < -0.39 is 11.7 Å². The highest BCUT2D eigenvalue weighted by atomic mass is 35.5. The largest absolute Gasteiger partial charge is 0.417 e. The number of anilines is 1. The Hall–Kier alpha value is -1.01. The molecule has 2 N–H and O–H groups in total. The fourth-order valence-electron chi connectivity index (χ4n) is 1.51. The third-order valence-electron chi connectivity index (χ3n) is 2.46. The normalized spacial score (nSPS) is 11.7. The van der Waals surface area contributed by atoms with Crippen molar-refractivity contribution in [3.05, 3.63) is 22.8 Å². The summed E-state index contributed by atoms with van der Waals surface area (Å²) < 4.78 is 37.4. The lowest BCUT2D eigenvalue weighted by Gasteiger charge is -2.23. The first-order chi connectivity index (χ1) is 8.40. The van der Waals surface area contributed by atoms with Crippen molar-refractivity contribution < 1.29 is 13.2 Å². The van der Waals surface area contributed by atoms with Gasteiger partial charge < -0.3 is 10.6 Å². The van der Waals surface area contributed by atoms with Crippen LogP contribution in [0, 0.1) is 0 Å². The van der Waals surface area contributed by atoms with Gasteiger partial charge in [0.05, 0.1) is 10.6 Å². The molecule has 0 fully saturated rings. The van der Waals surface area contributed by atoms with Crippen LogP contribution in [0.3, 0.4) is 0 Å². The molecule has 0 radical (unpaired) electrons. The molecule has 0 amide bonds. The molecule has 1 rings (SSSR count). The maximum atomic E-state index is 12.5. The molecule has 1 aromatic heterocycles. The topological polar surface area (TPSA) is 42.1 Å². The van der Waals surface area contributed by atoms with Crippen LogP contribution in [-0.4, -0.2) is 24.6 Å². The van der Waals surface area contributed by atoms with Crippen LogP contribution in [0.15, 0.2) is 12.3 Å². The molecule has 0 aliphatic carbocycles. The quantitative estimate of drug-likeness (QED) is 0.902. The van der Waals surface area contributed by atoms with Crippen LogP contribution in [0.2, 0.25) is 5.02 Å². The van der Waals surface area contributed by atoms with Crippen molar-refractivity contribution in [3.8, 4) is 0 Å². The molecule has 102 valence electrons. The van der Waals surface area contributed by atoms with Crippen molar-refractivity contribution in [3.63, 3.8) is 0 Å². The van der Waals surface area contributed by atoms with Gasteiger partial charge in [0.2, 0.25) is 0 Å². The fourth-order valence-corrected chi connectivity index (χ4v) is 1.80. The van der Waals surface area contributed by atoms with E-state index in [-0.39, 0.29) is 5.02 Å². The number of halogens is 4. The standard InChI is InChI=1S/C11H15ClF3N3/c1-2-18(5-3-4-16)10-9(12)6-8(7-17-10)11(13,14)15/h6-7H,2-5,16H2,1H3. The smallest absolute Gasteiger partial charge is 0.356 e. The zero-order valence-electron chi connectivity index (χ0n) is 9.97. The zero-order chi connectivity index (χ0) is 13.8. The minimum absolute atomic E-state index is 0.00342. The molecule has 0 atom stereocenters. The third-order valence-corrected chi connectivity index (χ3v) is 2.74. The lowest BCUT2D eigenvalue weighted by molar-refractivity contribution is -0.137. The molecule has 1 heterocycles. The van der Waals surface area contributed by atoms with Gasteiger partial charge in [0.25, 0.3) is 0 Å². The van der Waals surface area contributed by atoms with Crippen molar-refractivity contribution in [1.82, 2.24) is 4.98 Å². The van der Waals surface area contributed by atoms with Crippen LogP contribution in [0.1, 0.15) is 18.9 Å². The molecule has 1 aromatic rings. The number of nitrogens with zero attached hydrogens (tertiary/aromatic N) is 2. The molecule has 18 heavy (non-hydrogen) atoms. The van der Waals surface area contributed by atoms with E-state index in [2.05, 4.69) is 4.98 Å². The number of nitrogens with two attached hydrogens (primary N) is 1. The Balaban J connectivity index is 2.96. The van der Waals surface area contributed by atoms with E-state index in [4.69, 9.17) is 17.3 Å². The van der Waals surface area contributed by atoms with Crippen LogP contribution < -0.4 is 10.6 Å². The molecular weight excluding hydrogens is 267 g/mol. The summed E-state index contributed by atoms with van der Waals surface area (Å²) in [5.41, 5.74) is 4.56. The lowest BCUT2D eigenvalue weighted by Crippen LogP contribution is -2.27. The number of aromatic nitrogens is 1. The number of hydrogen-bond donors (Lipinski definition) is 1. The summed E-state index contributed by atoms with van der Waals surface area (Å²) in [6.45, 7) is 3.62. The van der Waals surface area contributed by atoms with Crippen molar-refractivity contribution in [2.24, 2.45) is 5.73 Å². The van der Waals surface area contributed by atoms with Gasteiger partial charge in [0.15, 0.2) is 0 Å². The molecule has 0 aromatic carbocycles. The number of hydrogen-bond acceptors (Lipinski definition) is 3. The monoisotopic (exact) mass is 281 g/mol. The fraction of sp³-hybridized carbons (Fsp3) is 0.545. The summed E-state index contributed by atoms with van der Waals surface area (Å²) in [5, 5.41) is 0.00342. The predicted molar refractivity (Wildman–Crippen MR) is 65.8 cm³/mol. The van der Waals surface area contributed by atoms with Crippen LogP contribution in [0.5, 0.6) is 0 Å². The summed E-state index contributed by atoms with van der Waals surface area (Å²) in [6.07, 6.45) is -2.90. The van der Waals surface area contributed by atoms with Crippen LogP contribution in [0.4, 0.5) is 19.0 Å². The van der Waals surface area contributed by atoms with Crippen LogP contribution >= 0.6 is 11.6 Å². The Kier molecular flexibility index (Phi) is 5.22. The first-order valence-electron chi connectivity index (χ1n) is 5.58. The molecule has 0 bridgehead atoms. The van der Waals surface area contributed by atoms with Crippen molar-refractivity contribution in [2.45, 2.75) is 19.5 Å². The molecule has 0 aliphatic rings. The van der Waals surface area contributed by atoms with Gasteiger partial charge >= 0.3 is 6.18 Å². The minimum atomic E-state index is -4.43. The summed E-state index contributed by atoms with van der Waals surface area (Å²) in [5.74, 6) is 0.362. The predicted octanol–water partition coefficient (Wildman–Crippen LogP) is 2.93. The average Bonchev–Trinajstić information content (AvgIpc) is 2.30. The highest BCUT2D eigenvalue weighted by Crippen LogP contribution is 2.33. The van der Waals surface area contributed by atoms with E-state index in [9.17, 15) is 13.2 Å². The highest BCUT2D eigenvalue weighted by Gasteiger charge is 2.31. The van der Waals surface area contributed by atoms with Gasteiger partial charge in [-0.3, -0.25) is 0 Å². The minimum Gasteiger partial charge on any atom is -0.356 e. The van der Waals surface area contributed by atoms with Crippen molar-refractivity contribution in [2.75, 3.05) is 24.5 Å². The Morgan fingerprint density at radius 2 is 2.11 bits per heavy atom. The molecule has 3 nitrogen and oxygen atoms in total. The second-order valence-electron chi connectivity index (χ2n) is 3.75. The van der Waals surface area contributed by atoms with Crippen LogP contribution in [0.25, 0.3) is 0 Å². The van der Waals surface area contributed by atoms with E-state index >= 15 is 0 Å². The van der Waals surface area contributed by atoms with Gasteiger partial charge in [-0.05, 0) is 26.0 Å². The van der Waals surface area contributed by atoms with E-state index in [1.54, 1.807) is 4.90 Å². The van der Waals surface area contributed by atoms with Gasteiger partial charge in [-0.15, -0.1) is 0 Å². The molecule has 0 saturated heterocycles. The Labute approximate surface area is 109 Å². The van der Waals surface area contributed by atoms with Gasteiger partial charge in [-0.2, -0.15) is 13.2 Å². The lowest BCUT2D eigenvalue weighted by atomic mass is 10.2. The van der Waals surface area contributed by atoms with E-state index in [1.165, 1.54) is 0 Å². The van der Waals surface area contributed by atoms with Crippen molar-refractivity contribution >= 4 is 17.4 Å². The second-order valence-corrected chi connectivity index (χ2v) is 4.16. The molecule has 0 unspecified atom stereocenters. The average molecular weight is 282 g/mol. The van der Waals surface area contributed by atoms with Gasteiger partial charge in [-0.25, -0.2) is 4.98 Å². The number of pyridine rings is 1. The summed E-state index contributed by atoms with van der Waals surface area (Å²) >= 11 is 5.85. The maximum absolute atomic E-state index is 12.5. The SMILES string of the molecule is CCN(CCCN)c1ncc(C(F)(F)F)cc1Cl. The Morgan fingerprint density at radius 3 is 2.56 bits per heavy atom.